The summed E-state index contributed by atoms with van der Waals surface area (Å²) in [6.45, 7) is 9.36. The number of carbonyl (C=O) groups is 3. The molecule has 0 aromatic carbocycles. The van der Waals surface area contributed by atoms with Gasteiger partial charge in [0.1, 0.15) is 5.54 Å². The van der Waals surface area contributed by atoms with Gasteiger partial charge < -0.3 is 10.2 Å². The van der Waals surface area contributed by atoms with Crippen molar-refractivity contribution in [1.29, 1.82) is 0 Å². The normalized spacial score (nSPS) is 27.5. The van der Waals surface area contributed by atoms with Crippen molar-refractivity contribution >= 4 is 17.8 Å². The second-order valence-electron chi connectivity index (χ2n) is 7.38. The summed E-state index contributed by atoms with van der Waals surface area (Å²) in [5.74, 6) is 0.00851. The van der Waals surface area contributed by atoms with Crippen LogP contribution in [0.15, 0.2) is 0 Å². The van der Waals surface area contributed by atoms with Crippen LogP contribution in [0.3, 0.4) is 0 Å². The fourth-order valence-corrected chi connectivity index (χ4v) is 2.78. The average Bonchev–Trinajstić information content (AvgIpc) is 2.62. The minimum Gasteiger partial charge on any atom is -0.340 e. The highest BCUT2D eigenvalue weighted by atomic mass is 16.2. The lowest BCUT2D eigenvalue weighted by molar-refractivity contribution is -0.137. The minimum atomic E-state index is -0.921. The van der Waals surface area contributed by atoms with Gasteiger partial charge in [0.05, 0.1) is 6.54 Å². The van der Waals surface area contributed by atoms with Crippen LogP contribution in [0.25, 0.3) is 0 Å². The molecular weight excluding hydrogens is 270 g/mol. The topological polar surface area (TPSA) is 78.5 Å². The number of rotatable bonds is 2. The van der Waals surface area contributed by atoms with Gasteiger partial charge in [-0.05, 0) is 24.2 Å². The van der Waals surface area contributed by atoms with Crippen molar-refractivity contribution in [2.75, 3.05) is 13.1 Å². The van der Waals surface area contributed by atoms with Crippen molar-refractivity contribution in [3.63, 3.8) is 0 Å². The molecule has 0 aromatic heterocycles. The van der Waals surface area contributed by atoms with Crippen molar-refractivity contribution in [2.45, 2.75) is 52.5 Å². The molecule has 1 spiro atoms. The van der Waals surface area contributed by atoms with Gasteiger partial charge in [-0.3, -0.25) is 14.9 Å². The van der Waals surface area contributed by atoms with E-state index in [9.17, 15) is 14.4 Å². The van der Waals surface area contributed by atoms with E-state index in [0.29, 0.717) is 19.4 Å². The Kier molecular flexibility index (Phi) is 4.00. The number of piperidine rings is 1. The molecule has 2 fully saturated rings. The van der Waals surface area contributed by atoms with E-state index < -0.39 is 11.6 Å². The fraction of sp³-hybridized carbons (Fsp3) is 0.800. The average molecular weight is 295 g/mol. The first-order chi connectivity index (χ1) is 9.64. The smallest absolute Gasteiger partial charge is 0.322 e. The Morgan fingerprint density at radius 2 is 2.05 bits per heavy atom. The molecule has 2 N–H and O–H groups in total. The molecule has 0 saturated carbocycles. The maximum absolute atomic E-state index is 12.5. The van der Waals surface area contributed by atoms with E-state index in [1.54, 1.807) is 4.90 Å². The number of imide groups is 1. The Morgan fingerprint density at radius 1 is 1.38 bits per heavy atom. The van der Waals surface area contributed by atoms with Gasteiger partial charge in [-0.15, -0.1) is 0 Å². The van der Waals surface area contributed by atoms with E-state index in [-0.39, 0.29) is 29.7 Å². The standard InChI is InChI=1S/C15H25N3O3/c1-10(14(2,3)4)8-11(19)18-7-5-6-15(9-18)12(20)16-13(21)17-15/h10H,5-9H2,1-4H3,(H2,16,17,20,21). The molecule has 4 amide bonds. The largest absolute Gasteiger partial charge is 0.340 e. The van der Waals surface area contributed by atoms with E-state index in [0.717, 1.165) is 6.42 Å². The summed E-state index contributed by atoms with van der Waals surface area (Å²) in [6.07, 6.45) is 1.78. The molecule has 6 heteroatoms. The van der Waals surface area contributed by atoms with E-state index in [4.69, 9.17) is 0 Å². The summed E-state index contributed by atoms with van der Waals surface area (Å²) in [7, 11) is 0. The molecule has 2 atom stereocenters. The molecule has 21 heavy (non-hydrogen) atoms. The number of amides is 4. The van der Waals surface area contributed by atoms with Crippen LogP contribution in [0.1, 0.15) is 47.0 Å². The zero-order valence-electron chi connectivity index (χ0n) is 13.3. The molecule has 2 rings (SSSR count). The third-order valence-electron chi connectivity index (χ3n) is 4.82. The van der Waals surface area contributed by atoms with E-state index >= 15 is 0 Å². The van der Waals surface area contributed by atoms with Crippen LogP contribution in [0.2, 0.25) is 0 Å². The lowest BCUT2D eigenvalue weighted by Crippen LogP contribution is -2.59. The molecule has 118 valence electrons. The van der Waals surface area contributed by atoms with Gasteiger partial charge in [-0.25, -0.2) is 4.79 Å². The van der Waals surface area contributed by atoms with Crippen LogP contribution in [-0.2, 0) is 9.59 Å². The van der Waals surface area contributed by atoms with Crippen molar-refractivity contribution < 1.29 is 14.4 Å². The Balaban J connectivity index is 2.03. The Labute approximate surface area is 125 Å². The number of nitrogens with zero attached hydrogens (tertiary/aromatic N) is 1. The highest BCUT2D eigenvalue weighted by Gasteiger charge is 2.49. The lowest BCUT2D eigenvalue weighted by Gasteiger charge is -2.39. The van der Waals surface area contributed by atoms with Crippen LogP contribution in [-0.4, -0.2) is 41.4 Å². The number of hydrogen-bond donors (Lipinski definition) is 2. The SMILES string of the molecule is CC(CC(=O)N1CCCC2(C1)NC(=O)NC2=O)C(C)(C)C. The molecule has 0 bridgehead atoms. The molecule has 2 unspecified atom stereocenters. The summed E-state index contributed by atoms with van der Waals surface area (Å²) >= 11 is 0. The highest BCUT2D eigenvalue weighted by Crippen LogP contribution is 2.30. The van der Waals surface area contributed by atoms with Gasteiger partial charge in [0.15, 0.2) is 0 Å². The Hall–Kier alpha value is -1.59. The number of carbonyl (C=O) groups excluding carboxylic acids is 3. The van der Waals surface area contributed by atoms with Gasteiger partial charge in [0.25, 0.3) is 5.91 Å². The lowest BCUT2D eigenvalue weighted by atomic mass is 9.79. The third kappa shape index (κ3) is 3.19. The molecule has 2 aliphatic heterocycles. The second-order valence-corrected chi connectivity index (χ2v) is 7.38. The van der Waals surface area contributed by atoms with Crippen molar-refractivity contribution in [3.05, 3.63) is 0 Å². The van der Waals surface area contributed by atoms with Gasteiger partial charge >= 0.3 is 6.03 Å². The summed E-state index contributed by atoms with van der Waals surface area (Å²) in [6, 6.07) is -0.461. The van der Waals surface area contributed by atoms with Gasteiger partial charge in [-0.1, -0.05) is 27.7 Å². The number of hydrogen-bond acceptors (Lipinski definition) is 3. The molecule has 0 aromatic rings. The zero-order valence-corrected chi connectivity index (χ0v) is 13.3. The quantitative estimate of drug-likeness (QED) is 0.753. The predicted molar refractivity (Wildman–Crippen MR) is 78.5 cm³/mol. The van der Waals surface area contributed by atoms with Gasteiger partial charge in [0, 0.05) is 13.0 Å². The highest BCUT2D eigenvalue weighted by molar-refractivity contribution is 6.07. The first-order valence-electron chi connectivity index (χ1n) is 7.55. The van der Waals surface area contributed by atoms with E-state index in [1.165, 1.54) is 0 Å². The van der Waals surface area contributed by atoms with Crippen molar-refractivity contribution in [1.82, 2.24) is 15.5 Å². The first-order valence-corrected chi connectivity index (χ1v) is 7.55. The summed E-state index contributed by atoms with van der Waals surface area (Å²) < 4.78 is 0. The number of nitrogens with one attached hydrogen (secondary N) is 2. The maximum Gasteiger partial charge on any atom is 0.322 e. The van der Waals surface area contributed by atoms with E-state index in [1.807, 2.05) is 0 Å². The molecule has 2 aliphatic rings. The Bertz CT molecular complexity index is 469. The van der Waals surface area contributed by atoms with Crippen molar-refractivity contribution in [3.8, 4) is 0 Å². The van der Waals surface area contributed by atoms with Crippen LogP contribution in [0, 0.1) is 11.3 Å². The van der Waals surface area contributed by atoms with Gasteiger partial charge in [0.2, 0.25) is 5.91 Å². The molecule has 2 heterocycles. The second kappa shape index (κ2) is 5.31. The first kappa shape index (κ1) is 15.8. The maximum atomic E-state index is 12.5. The zero-order chi connectivity index (χ0) is 15.8. The minimum absolute atomic E-state index is 0.0606. The van der Waals surface area contributed by atoms with E-state index in [2.05, 4.69) is 38.3 Å². The van der Waals surface area contributed by atoms with Crippen molar-refractivity contribution in [2.24, 2.45) is 11.3 Å². The monoisotopic (exact) mass is 295 g/mol. The number of likely N-dealkylation sites (tertiary alicyclic amines) is 1. The molecule has 0 radical (unpaired) electrons. The van der Waals surface area contributed by atoms with Crippen LogP contribution >= 0.6 is 0 Å². The van der Waals surface area contributed by atoms with Crippen LogP contribution < -0.4 is 10.6 Å². The Morgan fingerprint density at radius 3 is 2.57 bits per heavy atom. The van der Waals surface area contributed by atoms with Crippen LogP contribution in [0.5, 0.6) is 0 Å². The summed E-state index contributed by atoms with van der Waals surface area (Å²) in [5.41, 5.74) is -0.849. The fourth-order valence-electron chi connectivity index (χ4n) is 2.78. The summed E-state index contributed by atoms with van der Waals surface area (Å²) in [4.78, 5) is 37.5. The molecular formula is C15H25N3O3. The predicted octanol–water partition coefficient (Wildman–Crippen LogP) is 1.26. The third-order valence-corrected chi connectivity index (χ3v) is 4.82. The van der Waals surface area contributed by atoms with Gasteiger partial charge in [-0.2, -0.15) is 0 Å². The van der Waals surface area contributed by atoms with Crippen LogP contribution in [0.4, 0.5) is 4.79 Å². The molecule has 2 saturated heterocycles. The molecule has 0 aliphatic carbocycles. The molecule has 6 nitrogen and oxygen atoms in total. The summed E-state index contributed by atoms with van der Waals surface area (Å²) in [5, 5.41) is 4.97. The number of urea groups is 1.